The fourth-order valence-electron chi connectivity index (χ4n) is 2.70. The Morgan fingerprint density at radius 1 is 1.38 bits per heavy atom. The molecule has 0 aliphatic carbocycles. The van der Waals surface area contributed by atoms with E-state index in [9.17, 15) is 18.5 Å². The first-order valence-corrected chi connectivity index (χ1v) is 12.0. The second kappa shape index (κ2) is 11.0. The molecule has 0 radical (unpaired) electrons. The van der Waals surface area contributed by atoms with Crippen LogP contribution in [0.3, 0.4) is 0 Å². The molecule has 0 bridgehead atoms. The van der Waals surface area contributed by atoms with Crippen LogP contribution in [0.2, 0.25) is 0 Å². The first-order valence-electron chi connectivity index (χ1n) is 9.31. The molecule has 1 heterocycles. The number of nitrogens with zero attached hydrogens (tertiary/aromatic N) is 1. The number of benzene rings is 1. The molecular formula is C18H26FN2O6PS. The van der Waals surface area contributed by atoms with Crippen LogP contribution in [0.5, 0.6) is 0 Å². The predicted molar refractivity (Wildman–Crippen MR) is 109 cm³/mol. The van der Waals surface area contributed by atoms with Crippen LogP contribution in [-0.2, 0) is 23.1 Å². The van der Waals surface area contributed by atoms with Crippen molar-refractivity contribution in [3.05, 3.63) is 24.0 Å². The van der Waals surface area contributed by atoms with Gasteiger partial charge in [0, 0.05) is 17.6 Å². The van der Waals surface area contributed by atoms with Crippen LogP contribution in [-0.4, -0.2) is 56.3 Å². The zero-order chi connectivity index (χ0) is 21.4. The van der Waals surface area contributed by atoms with Gasteiger partial charge >= 0.3 is 13.7 Å². The highest BCUT2D eigenvalue weighted by Crippen LogP contribution is 2.48. The number of halogens is 1. The average Bonchev–Trinajstić information content (AvgIpc) is 3.02. The lowest BCUT2D eigenvalue weighted by molar-refractivity contribution is -0.119. The fourth-order valence-corrected chi connectivity index (χ4v) is 5.66. The molecule has 1 fully saturated rings. The molecule has 162 valence electrons. The highest BCUT2D eigenvalue weighted by molar-refractivity contribution is 7.99. The van der Waals surface area contributed by atoms with E-state index in [0.29, 0.717) is 16.3 Å². The molecule has 0 spiro atoms. The van der Waals surface area contributed by atoms with E-state index >= 15 is 0 Å². The number of thioether (sulfide) groups is 1. The Bertz CT molecular complexity index is 771. The van der Waals surface area contributed by atoms with E-state index in [-0.39, 0.29) is 38.4 Å². The number of anilines is 1. The van der Waals surface area contributed by atoms with Crippen LogP contribution >= 0.6 is 19.4 Å². The number of nitrogens with one attached hydrogen (secondary N) is 1. The molecule has 1 aromatic rings. The zero-order valence-electron chi connectivity index (χ0n) is 16.7. The number of carbonyl (C=O) groups is 2. The van der Waals surface area contributed by atoms with E-state index in [1.807, 2.05) is 0 Å². The van der Waals surface area contributed by atoms with Crippen molar-refractivity contribution in [1.82, 2.24) is 5.32 Å². The number of cyclic esters (lactones) is 1. The van der Waals surface area contributed by atoms with Crippen LogP contribution in [0.25, 0.3) is 0 Å². The molecule has 1 aliphatic heterocycles. The van der Waals surface area contributed by atoms with Gasteiger partial charge in [-0.1, -0.05) is 0 Å². The van der Waals surface area contributed by atoms with Gasteiger partial charge in [-0.3, -0.25) is 14.3 Å². The van der Waals surface area contributed by atoms with E-state index in [1.54, 1.807) is 26.0 Å². The van der Waals surface area contributed by atoms with Gasteiger partial charge in [-0.15, -0.1) is 11.8 Å². The van der Waals surface area contributed by atoms with Gasteiger partial charge in [0.25, 0.3) is 0 Å². The van der Waals surface area contributed by atoms with E-state index in [4.69, 9.17) is 13.8 Å². The molecular weight excluding hydrogens is 422 g/mol. The van der Waals surface area contributed by atoms with Gasteiger partial charge in [0.2, 0.25) is 5.91 Å². The minimum atomic E-state index is -3.17. The minimum Gasteiger partial charge on any atom is -0.442 e. The predicted octanol–water partition coefficient (Wildman–Crippen LogP) is 3.65. The Kier molecular flexibility index (Phi) is 8.95. The van der Waals surface area contributed by atoms with Crippen molar-refractivity contribution in [1.29, 1.82) is 0 Å². The quantitative estimate of drug-likeness (QED) is 0.408. The lowest BCUT2D eigenvalue weighted by atomic mass is 10.2. The zero-order valence-corrected chi connectivity index (χ0v) is 18.4. The van der Waals surface area contributed by atoms with Crippen molar-refractivity contribution in [3.63, 3.8) is 0 Å². The summed E-state index contributed by atoms with van der Waals surface area (Å²) in [4.78, 5) is 24.7. The third-order valence-corrected chi connectivity index (χ3v) is 7.38. The van der Waals surface area contributed by atoms with E-state index in [2.05, 4.69) is 5.32 Å². The number of carbonyl (C=O) groups excluding carboxylic acids is 2. The molecule has 1 saturated heterocycles. The Morgan fingerprint density at radius 3 is 2.66 bits per heavy atom. The second-order valence-corrected chi connectivity index (χ2v) is 9.51. The SMILES string of the molecule is CCOP(=O)(CCSc1ccc(N2C[C@H](CNC(C)=O)OC2=O)cc1F)OCC. The number of amides is 2. The van der Waals surface area contributed by atoms with Gasteiger partial charge in [-0.25, -0.2) is 9.18 Å². The summed E-state index contributed by atoms with van der Waals surface area (Å²) in [5.41, 5.74) is 0.372. The van der Waals surface area contributed by atoms with E-state index < -0.39 is 25.6 Å². The van der Waals surface area contributed by atoms with Crippen molar-refractivity contribution in [2.75, 3.05) is 43.1 Å². The maximum Gasteiger partial charge on any atom is 0.414 e. The molecule has 0 unspecified atom stereocenters. The first-order chi connectivity index (χ1) is 13.8. The minimum absolute atomic E-state index is 0.170. The van der Waals surface area contributed by atoms with Crippen molar-refractivity contribution >= 4 is 37.0 Å². The van der Waals surface area contributed by atoms with Crippen LogP contribution in [0.1, 0.15) is 20.8 Å². The summed E-state index contributed by atoms with van der Waals surface area (Å²) in [5, 5.41) is 2.59. The van der Waals surface area contributed by atoms with E-state index in [0.717, 1.165) is 0 Å². The van der Waals surface area contributed by atoms with Crippen molar-refractivity contribution in [3.8, 4) is 0 Å². The second-order valence-electron chi connectivity index (χ2n) is 6.19. The Hall–Kier alpha value is -1.61. The summed E-state index contributed by atoms with van der Waals surface area (Å²) >= 11 is 1.20. The summed E-state index contributed by atoms with van der Waals surface area (Å²) in [5.74, 6) is -0.351. The number of rotatable bonds is 11. The molecule has 1 atom stereocenters. The van der Waals surface area contributed by atoms with Crippen LogP contribution in [0.4, 0.5) is 14.9 Å². The standard InChI is InChI=1S/C18H26FN2O6PS/c1-4-25-28(24,26-5-2)8-9-29-17-7-6-14(10-16(17)19)21-12-15(27-18(21)23)11-20-13(3)22/h6-7,10,15H,4-5,8-9,11-12H2,1-3H3,(H,20,22)/t15-/m0/s1. The molecule has 11 heteroatoms. The van der Waals surface area contributed by atoms with Crippen molar-refractivity contribution in [2.45, 2.75) is 31.8 Å². The molecule has 1 aromatic carbocycles. The maximum absolute atomic E-state index is 14.5. The lowest BCUT2D eigenvalue weighted by Gasteiger charge is -2.17. The van der Waals surface area contributed by atoms with Crippen molar-refractivity contribution < 1.29 is 32.3 Å². The smallest absolute Gasteiger partial charge is 0.414 e. The molecule has 2 rings (SSSR count). The number of ether oxygens (including phenoxy) is 1. The topological polar surface area (TPSA) is 94.2 Å². The lowest BCUT2D eigenvalue weighted by Crippen LogP contribution is -2.33. The summed E-state index contributed by atoms with van der Waals surface area (Å²) in [6.45, 7) is 5.83. The van der Waals surface area contributed by atoms with Crippen LogP contribution in [0, 0.1) is 5.82 Å². The van der Waals surface area contributed by atoms with E-state index in [1.165, 1.54) is 29.7 Å². The third-order valence-electron chi connectivity index (χ3n) is 3.95. The molecule has 0 saturated carbocycles. The van der Waals surface area contributed by atoms with Gasteiger partial charge in [0.15, 0.2) is 0 Å². The Labute approximate surface area is 174 Å². The highest BCUT2D eigenvalue weighted by Gasteiger charge is 2.32. The first kappa shape index (κ1) is 23.7. The number of hydrogen-bond donors (Lipinski definition) is 1. The summed E-state index contributed by atoms with van der Waals surface area (Å²) in [6.07, 6.45) is -0.909. The largest absolute Gasteiger partial charge is 0.442 e. The molecule has 2 amide bonds. The summed E-state index contributed by atoms with van der Waals surface area (Å²) in [7, 11) is -3.17. The Balaban J connectivity index is 1.95. The average molecular weight is 448 g/mol. The molecule has 8 nitrogen and oxygen atoms in total. The van der Waals surface area contributed by atoms with Crippen LogP contribution in [0.15, 0.2) is 23.1 Å². The molecule has 0 aromatic heterocycles. The monoisotopic (exact) mass is 448 g/mol. The number of hydrogen-bond acceptors (Lipinski definition) is 7. The van der Waals surface area contributed by atoms with Crippen LogP contribution < -0.4 is 10.2 Å². The molecule has 1 N–H and O–H groups in total. The summed E-state index contributed by atoms with van der Waals surface area (Å²) in [6, 6.07) is 4.45. The van der Waals surface area contributed by atoms with Gasteiger partial charge < -0.3 is 19.1 Å². The summed E-state index contributed by atoms with van der Waals surface area (Å²) < 4.78 is 42.6. The van der Waals surface area contributed by atoms with Crippen molar-refractivity contribution in [2.24, 2.45) is 0 Å². The maximum atomic E-state index is 14.5. The van der Waals surface area contributed by atoms with Gasteiger partial charge in [-0.05, 0) is 32.0 Å². The van der Waals surface area contributed by atoms with Gasteiger partial charge in [-0.2, -0.15) is 0 Å². The fraction of sp³-hybridized carbons (Fsp3) is 0.556. The molecule has 29 heavy (non-hydrogen) atoms. The van der Waals surface area contributed by atoms with Gasteiger partial charge in [0.05, 0.1) is 38.2 Å². The normalized spacial score (nSPS) is 16.8. The third kappa shape index (κ3) is 6.99. The Morgan fingerprint density at radius 2 is 2.07 bits per heavy atom. The van der Waals surface area contributed by atoms with Gasteiger partial charge in [0.1, 0.15) is 11.9 Å². The molecule has 1 aliphatic rings. The highest BCUT2D eigenvalue weighted by atomic mass is 32.2.